The van der Waals surface area contributed by atoms with E-state index in [2.05, 4.69) is 15.5 Å². The highest BCUT2D eigenvalue weighted by atomic mass is 19.1. The van der Waals surface area contributed by atoms with Crippen LogP contribution < -0.4 is 5.32 Å². The molecule has 18 heavy (non-hydrogen) atoms. The summed E-state index contributed by atoms with van der Waals surface area (Å²) in [5, 5.41) is 7.07. The Hall–Kier alpha value is -1.75. The molecule has 0 saturated heterocycles. The van der Waals surface area contributed by atoms with Crippen molar-refractivity contribution in [1.29, 1.82) is 0 Å². The summed E-state index contributed by atoms with van der Waals surface area (Å²) in [6, 6.07) is 4.55. The van der Waals surface area contributed by atoms with Gasteiger partial charge in [0.2, 0.25) is 11.7 Å². The monoisotopic (exact) mass is 249 g/mol. The minimum absolute atomic E-state index is 0.297. The van der Waals surface area contributed by atoms with Crippen molar-refractivity contribution in [3.05, 3.63) is 35.5 Å². The van der Waals surface area contributed by atoms with Crippen molar-refractivity contribution < 1.29 is 8.91 Å². The zero-order valence-electron chi connectivity index (χ0n) is 10.5. The van der Waals surface area contributed by atoms with Gasteiger partial charge in [-0.2, -0.15) is 4.98 Å². The molecule has 1 aromatic carbocycles. The SMILES string of the molecule is CCNCCc1nc(-c2cc(F)ccc2C)no1. The molecule has 2 rings (SSSR count). The third-order valence-corrected chi connectivity index (χ3v) is 2.67. The van der Waals surface area contributed by atoms with Crippen LogP contribution in [-0.2, 0) is 6.42 Å². The Labute approximate surface area is 105 Å². The van der Waals surface area contributed by atoms with E-state index in [-0.39, 0.29) is 5.82 Å². The lowest BCUT2D eigenvalue weighted by Crippen LogP contribution is -2.16. The third-order valence-electron chi connectivity index (χ3n) is 2.67. The highest BCUT2D eigenvalue weighted by Crippen LogP contribution is 2.21. The summed E-state index contributed by atoms with van der Waals surface area (Å²) in [5.74, 6) is 0.711. The van der Waals surface area contributed by atoms with Crippen molar-refractivity contribution in [3.63, 3.8) is 0 Å². The molecule has 0 aliphatic rings. The lowest BCUT2D eigenvalue weighted by atomic mass is 10.1. The largest absolute Gasteiger partial charge is 0.339 e. The Bertz CT molecular complexity index is 525. The first-order valence-corrected chi connectivity index (χ1v) is 6.00. The average Bonchev–Trinajstić information content (AvgIpc) is 2.81. The number of aromatic nitrogens is 2. The fourth-order valence-electron chi connectivity index (χ4n) is 1.67. The van der Waals surface area contributed by atoms with Gasteiger partial charge < -0.3 is 9.84 Å². The van der Waals surface area contributed by atoms with Crippen molar-refractivity contribution in [3.8, 4) is 11.4 Å². The summed E-state index contributed by atoms with van der Waals surface area (Å²) < 4.78 is 18.3. The second-order valence-corrected chi connectivity index (χ2v) is 4.07. The van der Waals surface area contributed by atoms with Crippen LogP contribution in [0.2, 0.25) is 0 Å². The average molecular weight is 249 g/mol. The summed E-state index contributed by atoms with van der Waals surface area (Å²) in [5.41, 5.74) is 1.60. The van der Waals surface area contributed by atoms with E-state index in [0.717, 1.165) is 18.7 Å². The molecular formula is C13H16FN3O. The summed E-state index contributed by atoms with van der Waals surface area (Å²) in [7, 11) is 0. The van der Waals surface area contributed by atoms with E-state index in [4.69, 9.17) is 4.52 Å². The summed E-state index contributed by atoms with van der Waals surface area (Å²) >= 11 is 0. The predicted octanol–water partition coefficient (Wildman–Crippen LogP) is 2.34. The quantitative estimate of drug-likeness (QED) is 0.826. The zero-order valence-corrected chi connectivity index (χ0v) is 10.5. The van der Waals surface area contributed by atoms with Gasteiger partial charge in [0.15, 0.2) is 0 Å². The Morgan fingerprint density at radius 2 is 2.22 bits per heavy atom. The van der Waals surface area contributed by atoms with Crippen LogP contribution in [0.1, 0.15) is 18.4 Å². The predicted molar refractivity (Wildman–Crippen MR) is 66.7 cm³/mol. The zero-order chi connectivity index (χ0) is 13.0. The van der Waals surface area contributed by atoms with Gasteiger partial charge in [0.05, 0.1) is 0 Å². The first-order valence-electron chi connectivity index (χ1n) is 6.00. The molecule has 0 fully saturated rings. The molecule has 0 saturated carbocycles. The molecule has 0 spiro atoms. The number of aryl methyl sites for hydroxylation is 1. The fourth-order valence-corrected chi connectivity index (χ4v) is 1.67. The summed E-state index contributed by atoms with van der Waals surface area (Å²) in [6.07, 6.45) is 0.676. The molecule has 0 radical (unpaired) electrons. The van der Waals surface area contributed by atoms with E-state index in [1.165, 1.54) is 12.1 Å². The van der Waals surface area contributed by atoms with Crippen molar-refractivity contribution in [2.45, 2.75) is 20.3 Å². The minimum atomic E-state index is -0.297. The highest BCUT2D eigenvalue weighted by molar-refractivity contribution is 5.59. The van der Waals surface area contributed by atoms with Crippen molar-refractivity contribution in [2.75, 3.05) is 13.1 Å². The molecule has 0 unspecified atom stereocenters. The molecule has 0 bridgehead atoms. The van der Waals surface area contributed by atoms with Crippen molar-refractivity contribution >= 4 is 0 Å². The Morgan fingerprint density at radius 3 is 3.00 bits per heavy atom. The smallest absolute Gasteiger partial charge is 0.228 e. The topological polar surface area (TPSA) is 51.0 Å². The first-order chi connectivity index (χ1) is 8.70. The van der Waals surface area contributed by atoms with Gasteiger partial charge in [0.25, 0.3) is 0 Å². The molecule has 0 aliphatic carbocycles. The van der Waals surface area contributed by atoms with E-state index >= 15 is 0 Å². The van der Waals surface area contributed by atoms with Gasteiger partial charge >= 0.3 is 0 Å². The van der Waals surface area contributed by atoms with Crippen molar-refractivity contribution in [2.24, 2.45) is 0 Å². The number of nitrogens with zero attached hydrogens (tertiary/aromatic N) is 2. The fraction of sp³-hybridized carbons (Fsp3) is 0.385. The van der Waals surface area contributed by atoms with E-state index in [9.17, 15) is 4.39 Å². The van der Waals surface area contributed by atoms with E-state index < -0.39 is 0 Å². The van der Waals surface area contributed by atoms with Gasteiger partial charge in [-0.3, -0.25) is 0 Å². The second-order valence-electron chi connectivity index (χ2n) is 4.07. The molecule has 4 nitrogen and oxygen atoms in total. The molecule has 1 heterocycles. The molecule has 0 aliphatic heterocycles. The molecule has 0 amide bonds. The number of rotatable bonds is 5. The molecule has 1 aromatic heterocycles. The summed E-state index contributed by atoms with van der Waals surface area (Å²) in [6.45, 7) is 5.63. The molecule has 0 atom stereocenters. The lowest BCUT2D eigenvalue weighted by molar-refractivity contribution is 0.377. The van der Waals surface area contributed by atoms with Crippen LogP contribution in [0.5, 0.6) is 0 Å². The van der Waals surface area contributed by atoms with Crippen LogP contribution in [-0.4, -0.2) is 23.2 Å². The van der Waals surface area contributed by atoms with Crippen LogP contribution in [0.25, 0.3) is 11.4 Å². The maximum Gasteiger partial charge on any atom is 0.228 e. The lowest BCUT2D eigenvalue weighted by Gasteiger charge is -1.99. The highest BCUT2D eigenvalue weighted by Gasteiger charge is 2.11. The Kier molecular flexibility index (Phi) is 4.04. The van der Waals surface area contributed by atoms with Gasteiger partial charge in [-0.1, -0.05) is 18.1 Å². The van der Waals surface area contributed by atoms with Crippen LogP contribution in [0, 0.1) is 12.7 Å². The molecular weight excluding hydrogens is 233 g/mol. The first kappa shape index (κ1) is 12.7. The number of likely N-dealkylation sites (N-methyl/N-ethyl adjacent to an activating group) is 1. The van der Waals surface area contributed by atoms with Crippen LogP contribution >= 0.6 is 0 Å². The molecule has 1 N–H and O–H groups in total. The normalized spacial score (nSPS) is 10.8. The van der Waals surface area contributed by atoms with Gasteiger partial charge in [-0.05, 0) is 31.2 Å². The van der Waals surface area contributed by atoms with E-state index in [0.29, 0.717) is 23.7 Å². The van der Waals surface area contributed by atoms with E-state index in [1.807, 2.05) is 13.8 Å². The van der Waals surface area contributed by atoms with Crippen LogP contribution in [0.15, 0.2) is 22.7 Å². The van der Waals surface area contributed by atoms with Gasteiger partial charge in [-0.15, -0.1) is 0 Å². The number of benzene rings is 1. The maximum atomic E-state index is 13.2. The standard InChI is InChI=1S/C13H16FN3O/c1-3-15-7-6-12-16-13(17-18-12)11-8-10(14)5-4-9(11)2/h4-5,8,15H,3,6-7H2,1-2H3. The van der Waals surface area contributed by atoms with Crippen LogP contribution in [0.4, 0.5) is 4.39 Å². The van der Waals surface area contributed by atoms with E-state index in [1.54, 1.807) is 6.07 Å². The van der Waals surface area contributed by atoms with Crippen LogP contribution in [0.3, 0.4) is 0 Å². The second kappa shape index (κ2) is 5.73. The van der Waals surface area contributed by atoms with Gasteiger partial charge in [0, 0.05) is 18.5 Å². The molecule has 96 valence electrons. The summed E-state index contributed by atoms with van der Waals surface area (Å²) in [4.78, 5) is 4.27. The Morgan fingerprint density at radius 1 is 1.39 bits per heavy atom. The number of hydrogen-bond donors (Lipinski definition) is 1. The Balaban J connectivity index is 2.16. The molecule has 5 heteroatoms. The molecule has 2 aromatic rings. The van der Waals surface area contributed by atoms with Gasteiger partial charge in [-0.25, -0.2) is 4.39 Å². The van der Waals surface area contributed by atoms with Crippen molar-refractivity contribution in [1.82, 2.24) is 15.5 Å². The van der Waals surface area contributed by atoms with Gasteiger partial charge in [0.1, 0.15) is 5.82 Å². The third kappa shape index (κ3) is 2.92. The maximum absolute atomic E-state index is 13.2. The minimum Gasteiger partial charge on any atom is -0.339 e. The number of halogens is 1. The number of nitrogens with one attached hydrogen (secondary N) is 1. The number of hydrogen-bond acceptors (Lipinski definition) is 4.